The van der Waals surface area contributed by atoms with Crippen LogP contribution in [0.3, 0.4) is 0 Å². The summed E-state index contributed by atoms with van der Waals surface area (Å²) in [6.45, 7) is -0.478. The minimum atomic E-state index is -4.17. The van der Waals surface area contributed by atoms with Crippen molar-refractivity contribution < 1.29 is 27.4 Å². The van der Waals surface area contributed by atoms with E-state index in [9.17, 15) is 13.2 Å². The first-order valence-electron chi connectivity index (χ1n) is 11.3. The smallest absolute Gasteiger partial charge is 0.255 e. The summed E-state index contributed by atoms with van der Waals surface area (Å²) < 4.78 is 44.0. The summed E-state index contributed by atoms with van der Waals surface area (Å²) in [6, 6.07) is 16.8. The molecule has 0 bridgehead atoms. The van der Waals surface area contributed by atoms with Crippen LogP contribution in [0.25, 0.3) is 0 Å². The number of halogens is 2. The largest absolute Gasteiger partial charge is 0.493 e. The summed E-state index contributed by atoms with van der Waals surface area (Å²) in [6.07, 6.45) is 1.73. The number of carbonyl (C=O) groups excluding carboxylic acids is 1. The van der Waals surface area contributed by atoms with E-state index in [0.717, 1.165) is 9.87 Å². The highest BCUT2D eigenvalue weighted by atomic mass is 35.5. The molecule has 3 aromatic rings. The number of hydrogen-bond acceptors (Lipinski definition) is 7. The number of benzene rings is 3. The summed E-state index contributed by atoms with van der Waals surface area (Å²) in [5.74, 6) is 0.523. The number of ether oxygens (including phenoxy) is 3. The van der Waals surface area contributed by atoms with E-state index in [1.54, 1.807) is 12.1 Å². The molecule has 202 valence electrons. The van der Waals surface area contributed by atoms with Gasteiger partial charge in [-0.15, -0.1) is 0 Å². The van der Waals surface area contributed by atoms with Crippen molar-refractivity contribution in [3.8, 4) is 17.2 Å². The van der Waals surface area contributed by atoms with Crippen LogP contribution in [0.2, 0.25) is 10.0 Å². The zero-order chi connectivity index (χ0) is 27.7. The van der Waals surface area contributed by atoms with Crippen LogP contribution in [0.4, 0.5) is 0 Å². The number of nitrogens with zero attached hydrogens (tertiary/aromatic N) is 2. The molecule has 9 nitrogen and oxygen atoms in total. The normalized spacial score (nSPS) is 11.5. The van der Waals surface area contributed by atoms with E-state index in [-0.39, 0.29) is 21.5 Å². The number of carbonyl (C=O) groups is 1. The molecule has 0 fully saturated rings. The molecule has 0 radical (unpaired) electrons. The van der Waals surface area contributed by atoms with Crippen molar-refractivity contribution in [1.29, 1.82) is 0 Å². The van der Waals surface area contributed by atoms with E-state index in [1.165, 1.54) is 45.7 Å². The maximum absolute atomic E-state index is 13.5. The molecule has 0 unspecified atom stereocenters. The maximum Gasteiger partial charge on any atom is 0.255 e. The van der Waals surface area contributed by atoms with Crippen molar-refractivity contribution in [3.05, 3.63) is 81.8 Å². The molecule has 0 saturated carbocycles. The van der Waals surface area contributed by atoms with Gasteiger partial charge in [0.05, 0.1) is 39.1 Å². The fraction of sp³-hybridized carbons (Fsp3) is 0.231. The topological polar surface area (TPSA) is 107 Å². The molecule has 0 aliphatic carbocycles. The molecule has 3 rings (SSSR count). The molecule has 0 spiro atoms. The van der Waals surface area contributed by atoms with Gasteiger partial charge >= 0.3 is 0 Å². The highest BCUT2D eigenvalue weighted by Crippen LogP contribution is 2.39. The minimum absolute atomic E-state index is 0.00177. The number of sulfonamides is 1. The Bertz CT molecular complexity index is 1400. The number of amides is 1. The predicted octanol–water partition coefficient (Wildman–Crippen LogP) is 4.40. The van der Waals surface area contributed by atoms with Crippen molar-refractivity contribution in [3.63, 3.8) is 0 Å². The molecular formula is C26H27Cl2N3O6S. The third-order valence-corrected chi connectivity index (χ3v) is 8.01. The van der Waals surface area contributed by atoms with E-state index >= 15 is 0 Å². The summed E-state index contributed by atoms with van der Waals surface area (Å²) in [7, 11) is 0.263. The van der Waals surface area contributed by atoms with E-state index in [2.05, 4.69) is 10.5 Å². The lowest BCUT2D eigenvalue weighted by Crippen LogP contribution is -2.40. The number of hydrogen-bond donors (Lipinski definition) is 1. The average Bonchev–Trinajstić information content (AvgIpc) is 2.92. The van der Waals surface area contributed by atoms with Crippen LogP contribution in [0, 0.1) is 0 Å². The minimum Gasteiger partial charge on any atom is -0.493 e. The number of nitrogens with one attached hydrogen (secondary N) is 1. The van der Waals surface area contributed by atoms with Gasteiger partial charge in [-0.25, -0.2) is 13.8 Å². The lowest BCUT2D eigenvalue weighted by Gasteiger charge is -2.22. The lowest BCUT2D eigenvalue weighted by atomic mass is 10.1. The first-order chi connectivity index (χ1) is 18.2. The quantitative estimate of drug-likeness (QED) is 0.252. The Morgan fingerprint density at radius 1 is 0.974 bits per heavy atom. The number of methoxy groups -OCH3 is 3. The maximum atomic E-state index is 13.5. The molecular weight excluding hydrogens is 553 g/mol. The second kappa shape index (κ2) is 13.5. The van der Waals surface area contributed by atoms with Crippen LogP contribution in [-0.2, 0) is 21.2 Å². The van der Waals surface area contributed by atoms with Crippen LogP contribution in [0.1, 0.15) is 11.1 Å². The highest BCUT2D eigenvalue weighted by molar-refractivity contribution is 7.89. The van der Waals surface area contributed by atoms with Gasteiger partial charge in [0.15, 0.2) is 11.5 Å². The Kier molecular flexibility index (Phi) is 10.4. The van der Waals surface area contributed by atoms with Gasteiger partial charge < -0.3 is 14.2 Å². The molecule has 0 aliphatic rings. The van der Waals surface area contributed by atoms with E-state index in [1.807, 2.05) is 30.3 Å². The van der Waals surface area contributed by atoms with Gasteiger partial charge in [-0.3, -0.25) is 4.79 Å². The standard InChI is InChI=1S/C26H27Cl2N3O6S/c1-35-22-12-9-19(25(36-2)26(22)37-3)16-29-30-24(32)17-31(14-13-18-7-5-4-6-8-18)38(33,34)23-15-20(27)10-11-21(23)28/h4-12,15-16H,13-14,17H2,1-3H3,(H,30,32)/b29-16-. The van der Waals surface area contributed by atoms with Crippen LogP contribution < -0.4 is 19.6 Å². The average molecular weight is 580 g/mol. The van der Waals surface area contributed by atoms with Crippen molar-refractivity contribution >= 4 is 45.3 Å². The fourth-order valence-corrected chi connectivity index (χ4v) is 5.73. The third kappa shape index (κ3) is 7.16. The monoisotopic (exact) mass is 579 g/mol. The van der Waals surface area contributed by atoms with Crippen LogP contribution in [0.5, 0.6) is 17.2 Å². The molecule has 0 heterocycles. The summed E-state index contributed by atoms with van der Waals surface area (Å²) in [4.78, 5) is 12.6. The van der Waals surface area contributed by atoms with Crippen LogP contribution in [-0.4, -0.2) is 59.3 Å². The zero-order valence-electron chi connectivity index (χ0n) is 21.0. The SMILES string of the molecule is COc1ccc(/C=N\NC(=O)CN(CCc2ccccc2)S(=O)(=O)c2cc(Cl)ccc2Cl)c(OC)c1OC. The van der Waals surface area contributed by atoms with E-state index in [0.29, 0.717) is 29.2 Å². The summed E-state index contributed by atoms with van der Waals surface area (Å²) in [5, 5.41) is 4.17. The molecule has 12 heteroatoms. The Balaban J connectivity index is 1.82. The van der Waals surface area contributed by atoms with Gasteiger partial charge in [-0.1, -0.05) is 53.5 Å². The van der Waals surface area contributed by atoms with E-state index < -0.39 is 22.5 Å². The van der Waals surface area contributed by atoms with Gasteiger partial charge in [-0.05, 0) is 42.3 Å². The third-order valence-electron chi connectivity index (χ3n) is 5.45. The molecule has 1 amide bonds. The molecule has 0 aromatic heterocycles. The highest BCUT2D eigenvalue weighted by Gasteiger charge is 2.29. The molecule has 0 saturated heterocycles. The van der Waals surface area contributed by atoms with Gasteiger partial charge in [0.25, 0.3) is 5.91 Å². The predicted molar refractivity (Wildman–Crippen MR) is 147 cm³/mol. The van der Waals surface area contributed by atoms with Crippen LogP contribution in [0.15, 0.2) is 70.7 Å². The van der Waals surface area contributed by atoms with Crippen molar-refractivity contribution in [2.45, 2.75) is 11.3 Å². The molecule has 3 aromatic carbocycles. The molecule has 0 atom stereocenters. The van der Waals surface area contributed by atoms with Crippen molar-refractivity contribution in [2.75, 3.05) is 34.4 Å². The second-order valence-corrected chi connectivity index (χ2v) is 10.6. The lowest BCUT2D eigenvalue weighted by molar-refractivity contribution is -0.121. The number of hydrazone groups is 1. The Morgan fingerprint density at radius 2 is 1.68 bits per heavy atom. The van der Waals surface area contributed by atoms with Gasteiger partial charge in [0, 0.05) is 17.1 Å². The Hall–Kier alpha value is -3.31. The second-order valence-electron chi connectivity index (χ2n) is 7.87. The fourth-order valence-electron chi connectivity index (χ4n) is 3.59. The Labute approximate surface area is 232 Å². The molecule has 1 N–H and O–H groups in total. The summed E-state index contributed by atoms with van der Waals surface area (Å²) in [5.41, 5.74) is 3.78. The van der Waals surface area contributed by atoms with E-state index in [4.69, 9.17) is 37.4 Å². The summed E-state index contributed by atoms with van der Waals surface area (Å²) >= 11 is 12.2. The Morgan fingerprint density at radius 3 is 2.34 bits per heavy atom. The first-order valence-corrected chi connectivity index (χ1v) is 13.5. The van der Waals surface area contributed by atoms with Crippen LogP contribution >= 0.6 is 23.2 Å². The van der Waals surface area contributed by atoms with Gasteiger partial charge in [0.1, 0.15) is 4.90 Å². The number of rotatable bonds is 12. The van der Waals surface area contributed by atoms with Gasteiger partial charge in [0.2, 0.25) is 15.8 Å². The zero-order valence-corrected chi connectivity index (χ0v) is 23.3. The molecule has 0 aliphatic heterocycles. The van der Waals surface area contributed by atoms with Gasteiger partial charge in [-0.2, -0.15) is 9.41 Å². The van der Waals surface area contributed by atoms with Crippen molar-refractivity contribution in [2.24, 2.45) is 5.10 Å². The molecule has 38 heavy (non-hydrogen) atoms. The first kappa shape index (κ1) is 29.2. The van der Waals surface area contributed by atoms with Crippen molar-refractivity contribution in [1.82, 2.24) is 9.73 Å².